The van der Waals surface area contributed by atoms with E-state index in [2.05, 4.69) is 12.1 Å². The summed E-state index contributed by atoms with van der Waals surface area (Å²) in [6.45, 7) is 0. The van der Waals surface area contributed by atoms with Crippen LogP contribution in [0, 0.1) is 0 Å². The molecule has 1 aromatic rings. The predicted octanol–water partition coefficient (Wildman–Crippen LogP) is 2.19. The van der Waals surface area contributed by atoms with E-state index >= 15 is 0 Å². The van der Waals surface area contributed by atoms with Gasteiger partial charge >= 0.3 is 5.97 Å². The van der Waals surface area contributed by atoms with Gasteiger partial charge in [-0.3, -0.25) is 4.79 Å². The van der Waals surface area contributed by atoms with E-state index in [-0.39, 0.29) is 0 Å². The van der Waals surface area contributed by atoms with E-state index in [0.717, 1.165) is 12.8 Å². The fourth-order valence-corrected chi connectivity index (χ4v) is 1.92. The molecule has 0 amide bonds. The molecule has 68 valence electrons. The van der Waals surface area contributed by atoms with Gasteiger partial charge in [-0.2, -0.15) is 0 Å². The maximum absolute atomic E-state index is 10.4. The highest BCUT2D eigenvalue weighted by Crippen LogP contribution is 2.37. The predicted molar refractivity (Wildman–Crippen MR) is 49.8 cm³/mol. The molecule has 0 aromatic heterocycles. The van der Waals surface area contributed by atoms with Crippen molar-refractivity contribution in [2.45, 2.75) is 25.2 Å². The first-order chi connectivity index (χ1) is 6.27. The zero-order valence-corrected chi connectivity index (χ0v) is 7.36. The monoisotopic (exact) mass is 176 g/mol. The molecule has 2 rings (SSSR count). The van der Waals surface area contributed by atoms with E-state index in [4.69, 9.17) is 5.11 Å². The Kier molecular flexibility index (Phi) is 2.05. The van der Waals surface area contributed by atoms with Crippen LogP contribution in [0.4, 0.5) is 0 Å². The first kappa shape index (κ1) is 8.30. The van der Waals surface area contributed by atoms with Gasteiger partial charge in [0, 0.05) is 6.42 Å². The summed E-state index contributed by atoms with van der Waals surface area (Å²) in [5.74, 6) is -0.198. The number of rotatable bonds is 3. The Labute approximate surface area is 77.2 Å². The third kappa shape index (κ3) is 1.57. The Morgan fingerprint density at radius 2 is 2.23 bits per heavy atom. The molecule has 1 unspecified atom stereocenters. The van der Waals surface area contributed by atoms with Gasteiger partial charge in [0.25, 0.3) is 0 Å². The van der Waals surface area contributed by atoms with Crippen molar-refractivity contribution < 1.29 is 9.90 Å². The number of carbonyl (C=O) groups is 1. The van der Waals surface area contributed by atoms with Crippen molar-refractivity contribution in [3.8, 4) is 0 Å². The molecule has 0 heterocycles. The lowest BCUT2D eigenvalue weighted by Crippen LogP contribution is -2.17. The van der Waals surface area contributed by atoms with Crippen LogP contribution in [0.2, 0.25) is 0 Å². The zero-order valence-electron chi connectivity index (χ0n) is 7.36. The van der Waals surface area contributed by atoms with Crippen LogP contribution in [0.15, 0.2) is 24.3 Å². The maximum Gasteiger partial charge on any atom is 0.303 e. The van der Waals surface area contributed by atoms with Gasteiger partial charge in [0.15, 0.2) is 0 Å². The molecule has 2 heteroatoms. The fraction of sp³-hybridized carbons (Fsp3) is 0.364. The largest absolute Gasteiger partial charge is 0.481 e. The van der Waals surface area contributed by atoms with Gasteiger partial charge in [0.1, 0.15) is 0 Å². The van der Waals surface area contributed by atoms with E-state index in [1.54, 1.807) is 0 Å². The van der Waals surface area contributed by atoms with Gasteiger partial charge in [-0.05, 0) is 29.9 Å². The molecule has 1 N–H and O–H groups in total. The Hall–Kier alpha value is -1.31. The number of hydrogen-bond donors (Lipinski definition) is 1. The highest BCUT2D eigenvalue weighted by Gasteiger charge is 2.25. The van der Waals surface area contributed by atoms with Crippen LogP contribution >= 0.6 is 0 Å². The highest BCUT2D eigenvalue weighted by atomic mass is 16.4. The number of fused-ring (bicyclic) bond motifs is 1. The average molecular weight is 176 g/mol. The minimum atomic E-state index is -0.690. The van der Waals surface area contributed by atoms with E-state index in [0.29, 0.717) is 12.3 Å². The standard InChI is InChI=1S/C11H12O2/c12-11(13)6-5-9-7-8-3-1-2-4-10(8)9/h1-4,9H,5-7H2,(H,12,13). The smallest absolute Gasteiger partial charge is 0.303 e. The lowest BCUT2D eigenvalue weighted by atomic mass is 9.75. The van der Waals surface area contributed by atoms with Crippen LogP contribution in [-0.2, 0) is 11.2 Å². The molecule has 13 heavy (non-hydrogen) atoms. The molecule has 0 bridgehead atoms. The molecular weight excluding hydrogens is 164 g/mol. The Morgan fingerprint density at radius 3 is 2.92 bits per heavy atom. The minimum absolute atomic E-state index is 0.291. The molecule has 1 aromatic carbocycles. The zero-order chi connectivity index (χ0) is 9.26. The molecule has 1 aliphatic carbocycles. The second-order valence-corrected chi connectivity index (χ2v) is 3.53. The van der Waals surface area contributed by atoms with Crippen LogP contribution in [0.5, 0.6) is 0 Å². The lowest BCUT2D eigenvalue weighted by molar-refractivity contribution is -0.137. The van der Waals surface area contributed by atoms with Crippen LogP contribution < -0.4 is 0 Å². The number of aliphatic carboxylic acids is 1. The summed E-state index contributed by atoms with van der Waals surface area (Å²) in [6, 6.07) is 8.27. The average Bonchev–Trinajstić information content (AvgIpc) is 2.06. The summed E-state index contributed by atoms with van der Waals surface area (Å²) >= 11 is 0. The number of benzene rings is 1. The van der Waals surface area contributed by atoms with Crippen molar-refractivity contribution in [1.82, 2.24) is 0 Å². The summed E-state index contributed by atoms with van der Waals surface area (Å²) in [5.41, 5.74) is 2.74. The Bertz CT molecular complexity index is 331. The van der Waals surface area contributed by atoms with E-state index in [9.17, 15) is 4.79 Å². The molecule has 2 nitrogen and oxygen atoms in total. The third-order valence-corrected chi connectivity index (χ3v) is 2.67. The summed E-state index contributed by atoms with van der Waals surface area (Å²) < 4.78 is 0. The van der Waals surface area contributed by atoms with Crippen molar-refractivity contribution in [3.05, 3.63) is 35.4 Å². The van der Waals surface area contributed by atoms with Gasteiger partial charge in [-0.15, -0.1) is 0 Å². The van der Waals surface area contributed by atoms with Crippen molar-refractivity contribution in [1.29, 1.82) is 0 Å². The van der Waals surface area contributed by atoms with Gasteiger partial charge in [0.05, 0.1) is 0 Å². The molecule has 0 spiro atoms. The van der Waals surface area contributed by atoms with Gasteiger partial charge in [-0.25, -0.2) is 0 Å². The molecule has 0 radical (unpaired) electrons. The lowest BCUT2D eigenvalue weighted by Gasteiger charge is -2.29. The van der Waals surface area contributed by atoms with Gasteiger partial charge in [-0.1, -0.05) is 24.3 Å². The maximum atomic E-state index is 10.4. The fourth-order valence-electron chi connectivity index (χ4n) is 1.92. The third-order valence-electron chi connectivity index (χ3n) is 2.67. The van der Waals surface area contributed by atoms with Crippen molar-refractivity contribution >= 4 is 5.97 Å². The van der Waals surface area contributed by atoms with Crippen molar-refractivity contribution in [2.24, 2.45) is 0 Å². The summed E-state index contributed by atoms with van der Waals surface area (Å²) in [7, 11) is 0. The topological polar surface area (TPSA) is 37.3 Å². The molecule has 1 aliphatic rings. The number of hydrogen-bond acceptors (Lipinski definition) is 1. The normalized spacial score (nSPS) is 18.9. The van der Waals surface area contributed by atoms with Crippen molar-refractivity contribution in [2.75, 3.05) is 0 Å². The van der Waals surface area contributed by atoms with Crippen LogP contribution in [-0.4, -0.2) is 11.1 Å². The summed E-state index contributed by atoms with van der Waals surface area (Å²) in [4.78, 5) is 10.4. The quantitative estimate of drug-likeness (QED) is 0.766. The first-order valence-electron chi connectivity index (χ1n) is 4.57. The van der Waals surface area contributed by atoms with E-state index < -0.39 is 5.97 Å². The SMILES string of the molecule is O=C(O)CCC1Cc2ccccc21. The van der Waals surface area contributed by atoms with Crippen LogP contribution in [0.1, 0.15) is 29.9 Å². The molecule has 0 aliphatic heterocycles. The van der Waals surface area contributed by atoms with E-state index in [1.807, 2.05) is 12.1 Å². The number of carboxylic acids is 1. The van der Waals surface area contributed by atoms with Crippen LogP contribution in [0.25, 0.3) is 0 Å². The molecule has 1 atom stereocenters. The molecular formula is C11H12O2. The van der Waals surface area contributed by atoms with E-state index in [1.165, 1.54) is 11.1 Å². The Balaban J connectivity index is 1.98. The van der Waals surface area contributed by atoms with Crippen molar-refractivity contribution in [3.63, 3.8) is 0 Å². The second-order valence-electron chi connectivity index (χ2n) is 3.53. The highest BCUT2D eigenvalue weighted by molar-refractivity contribution is 5.66. The first-order valence-corrected chi connectivity index (χ1v) is 4.57. The van der Waals surface area contributed by atoms with Gasteiger partial charge < -0.3 is 5.11 Å². The second kappa shape index (κ2) is 3.21. The van der Waals surface area contributed by atoms with Crippen LogP contribution in [0.3, 0.4) is 0 Å². The minimum Gasteiger partial charge on any atom is -0.481 e. The van der Waals surface area contributed by atoms with Gasteiger partial charge in [0.2, 0.25) is 0 Å². The summed E-state index contributed by atoms with van der Waals surface area (Å²) in [6.07, 6.45) is 2.13. The molecule has 0 fully saturated rings. The Morgan fingerprint density at radius 1 is 1.46 bits per heavy atom. The molecule has 0 saturated carbocycles. The summed E-state index contributed by atoms with van der Waals surface area (Å²) in [5, 5.41) is 8.53. The number of carboxylic acid groups (broad SMARTS) is 1. The molecule has 0 saturated heterocycles.